The normalized spacial score (nSPS) is 19.0. The van der Waals surface area contributed by atoms with Crippen molar-refractivity contribution in [1.82, 2.24) is 10.3 Å². The predicted octanol–water partition coefficient (Wildman–Crippen LogP) is 3.22. The lowest BCUT2D eigenvalue weighted by Gasteiger charge is -2.33. The van der Waals surface area contributed by atoms with Gasteiger partial charge in [0.25, 0.3) is 5.91 Å². The van der Waals surface area contributed by atoms with Gasteiger partial charge in [-0.15, -0.1) is 0 Å². The van der Waals surface area contributed by atoms with Gasteiger partial charge in [-0.25, -0.2) is 18.6 Å². The molecule has 1 heterocycles. The van der Waals surface area contributed by atoms with Crippen LogP contribution in [0, 0.1) is 18.7 Å². The van der Waals surface area contributed by atoms with Crippen molar-refractivity contribution in [2.24, 2.45) is 17.4 Å². The molecule has 6 N–H and O–H groups in total. The Morgan fingerprint density at radius 3 is 2.55 bits per heavy atom. The lowest BCUT2D eigenvalue weighted by Crippen LogP contribution is -2.53. The van der Waals surface area contributed by atoms with Gasteiger partial charge in [0.15, 0.2) is 0 Å². The van der Waals surface area contributed by atoms with E-state index in [2.05, 4.69) is 20.4 Å². The molecule has 1 aliphatic carbocycles. The Labute approximate surface area is 190 Å². The van der Waals surface area contributed by atoms with Crippen LogP contribution in [0.2, 0.25) is 5.02 Å². The van der Waals surface area contributed by atoms with Gasteiger partial charge in [0.2, 0.25) is 0 Å². The van der Waals surface area contributed by atoms with E-state index in [4.69, 9.17) is 23.1 Å². The van der Waals surface area contributed by atoms with Crippen molar-refractivity contribution in [3.63, 3.8) is 0 Å². The highest BCUT2D eigenvalue weighted by molar-refractivity contribution is 6.31. The molecule has 2 aromatic rings. The van der Waals surface area contributed by atoms with Crippen molar-refractivity contribution >= 4 is 29.2 Å². The van der Waals surface area contributed by atoms with Crippen molar-refractivity contribution in [1.29, 1.82) is 0 Å². The molecule has 0 aliphatic heterocycles. The van der Waals surface area contributed by atoms with Crippen LogP contribution in [0.4, 0.5) is 28.0 Å². The molecule has 0 unspecified atom stereocenters. The van der Waals surface area contributed by atoms with Crippen molar-refractivity contribution < 1.29 is 31.9 Å². The molecule has 1 aromatic heterocycles. The average molecular weight is 490 g/mol. The van der Waals surface area contributed by atoms with Gasteiger partial charge < -0.3 is 26.8 Å². The number of hydrogen-bond acceptors (Lipinski definition) is 5. The largest absolute Gasteiger partial charge is 0.433 e. The number of ether oxygens (including phenoxy) is 1. The lowest BCUT2D eigenvalue weighted by molar-refractivity contribution is -0.0501. The first kappa shape index (κ1) is 24.5. The minimum Gasteiger partial charge on any atom is -0.433 e. The number of pyridine rings is 1. The Kier molecular flexibility index (Phi) is 6.98. The van der Waals surface area contributed by atoms with E-state index in [1.54, 1.807) is 0 Å². The number of amides is 3. The SMILES string of the molecule is Cc1cc(OC(F)F)cnc1C(=O)Nc1cc(Cl)c(F)c([C@@](CF)(NC(N)=O)[C@H]2C[C@H]2N)c1. The van der Waals surface area contributed by atoms with E-state index in [-0.39, 0.29) is 28.3 Å². The number of hydrogen-bond donors (Lipinski definition) is 4. The summed E-state index contributed by atoms with van der Waals surface area (Å²) >= 11 is 5.98. The third-order valence-corrected chi connectivity index (χ3v) is 5.56. The fourth-order valence-corrected chi connectivity index (χ4v) is 3.91. The smallest absolute Gasteiger partial charge is 0.387 e. The van der Waals surface area contributed by atoms with E-state index in [0.29, 0.717) is 6.42 Å². The number of carbonyl (C=O) groups is 2. The number of nitrogens with one attached hydrogen (secondary N) is 2. The van der Waals surface area contributed by atoms with Gasteiger partial charge in [-0.1, -0.05) is 11.6 Å². The van der Waals surface area contributed by atoms with E-state index in [9.17, 15) is 27.2 Å². The quantitative estimate of drug-likeness (QED) is 0.423. The van der Waals surface area contributed by atoms with Crippen molar-refractivity contribution in [2.45, 2.75) is 31.5 Å². The van der Waals surface area contributed by atoms with Gasteiger partial charge in [-0.2, -0.15) is 8.78 Å². The van der Waals surface area contributed by atoms with Crippen LogP contribution >= 0.6 is 11.6 Å². The van der Waals surface area contributed by atoms with Gasteiger partial charge in [0.05, 0.1) is 11.2 Å². The van der Waals surface area contributed by atoms with E-state index < -0.39 is 53.6 Å². The average Bonchev–Trinajstić information content (AvgIpc) is 3.45. The summed E-state index contributed by atoms with van der Waals surface area (Å²) in [5, 5.41) is 4.24. The Balaban J connectivity index is 1.96. The molecule has 1 saturated carbocycles. The Bertz CT molecular complexity index is 1090. The molecular formula is C20H20ClF4N5O3. The van der Waals surface area contributed by atoms with E-state index in [0.717, 1.165) is 18.3 Å². The highest BCUT2D eigenvalue weighted by atomic mass is 35.5. The zero-order chi connectivity index (χ0) is 24.5. The zero-order valence-corrected chi connectivity index (χ0v) is 17.9. The first-order valence-electron chi connectivity index (χ1n) is 9.60. The molecule has 3 atom stereocenters. The number of anilines is 1. The predicted molar refractivity (Wildman–Crippen MR) is 111 cm³/mol. The van der Waals surface area contributed by atoms with Crippen LogP contribution in [-0.2, 0) is 5.54 Å². The van der Waals surface area contributed by atoms with Gasteiger partial charge in [0, 0.05) is 23.2 Å². The first-order chi connectivity index (χ1) is 15.5. The number of urea groups is 1. The minimum atomic E-state index is -3.06. The number of rotatable bonds is 8. The fraction of sp³-hybridized carbons (Fsp3) is 0.350. The number of halogens is 5. The molecule has 178 valence electrons. The van der Waals surface area contributed by atoms with Gasteiger partial charge >= 0.3 is 12.6 Å². The summed E-state index contributed by atoms with van der Waals surface area (Å²) < 4.78 is 58.2. The first-order valence-corrected chi connectivity index (χ1v) is 9.97. The van der Waals surface area contributed by atoms with Gasteiger partial charge in [-0.3, -0.25) is 4.79 Å². The highest BCUT2D eigenvalue weighted by Gasteiger charge is 2.54. The maximum absolute atomic E-state index is 15.0. The molecule has 0 radical (unpaired) electrons. The summed E-state index contributed by atoms with van der Waals surface area (Å²) in [5.41, 5.74) is 8.86. The molecule has 1 aromatic carbocycles. The molecule has 3 rings (SSSR count). The third kappa shape index (κ3) is 5.11. The van der Waals surface area contributed by atoms with Crippen LogP contribution in [-0.4, -0.2) is 36.3 Å². The number of aromatic nitrogens is 1. The molecule has 13 heteroatoms. The summed E-state index contributed by atoms with van der Waals surface area (Å²) in [7, 11) is 0. The van der Waals surface area contributed by atoms with Crippen LogP contribution < -0.4 is 26.8 Å². The Morgan fingerprint density at radius 1 is 1.36 bits per heavy atom. The monoisotopic (exact) mass is 489 g/mol. The second-order valence-electron chi connectivity index (χ2n) is 7.59. The number of aryl methyl sites for hydroxylation is 1. The van der Waals surface area contributed by atoms with Gasteiger partial charge in [0.1, 0.15) is 29.5 Å². The van der Waals surface area contributed by atoms with Crippen LogP contribution in [0.5, 0.6) is 5.75 Å². The summed E-state index contributed by atoms with van der Waals surface area (Å²) in [5.74, 6) is -2.68. The van der Waals surface area contributed by atoms with Crippen molar-refractivity contribution in [3.8, 4) is 5.75 Å². The molecular weight excluding hydrogens is 470 g/mol. The molecule has 0 saturated heterocycles. The number of nitrogens with two attached hydrogens (primary N) is 2. The second-order valence-corrected chi connectivity index (χ2v) is 8.00. The van der Waals surface area contributed by atoms with E-state index >= 15 is 0 Å². The Morgan fingerprint density at radius 2 is 2.03 bits per heavy atom. The van der Waals surface area contributed by atoms with Crippen LogP contribution in [0.15, 0.2) is 24.4 Å². The molecule has 1 fully saturated rings. The summed E-state index contributed by atoms with van der Waals surface area (Å²) in [6.45, 7) is -2.84. The second kappa shape index (κ2) is 9.40. The topological polar surface area (TPSA) is 132 Å². The lowest BCUT2D eigenvalue weighted by atomic mass is 9.85. The maximum Gasteiger partial charge on any atom is 0.387 e. The third-order valence-electron chi connectivity index (χ3n) is 5.29. The standard InChI is InChI=1S/C20H20ClF4N5O3/c1-8-2-10(33-18(24)25)6-28-16(8)17(31)29-9-3-12(15(23)13(21)4-9)20(7-22,30-19(27)32)11-5-14(11)26/h2-4,6,11,14,18H,5,7,26H2,1H3,(H,29,31)(H3,27,30,32)/t11-,14+,20-/m0/s1. The molecule has 8 nitrogen and oxygen atoms in total. The summed E-state index contributed by atoms with van der Waals surface area (Å²) in [6.07, 6.45) is 1.24. The Hall–Kier alpha value is -3.12. The minimum absolute atomic E-state index is 0.0335. The van der Waals surface area contributed by atoms with Crippen LogP contribution in [0.3, 0.4) is 0 Å². The molecule has 0 spiro atoms. The zero-order valence-electron chi connectivity index (χ0n) is 17.2. The molecule has 1 aliphatic rings. The molecule has 3 amide bonds. The number of nitrogens with zero attached hydrogens (tertiary/aromatic N) is 1. The van der Waals surface area contributed by atoms with E-state index in [1.807, 2.05) is 0 Å². The number of alkyl halides is 3. The van der Waals surface area contributed by atoms with Crippen molar-refractivity contribution in [3.05, 3.63) is 52.1 Å². The molecule has 33 heavy (non-hydrogen) atoms. The van der Waals surface area contributed by atoms with E-state index in [1.165, 1.54) is 13.0 Å². The number of primary amides is 1. The van der Waals surface area contributed by atoms with Crippen molar-refractivity contribution in [2.75, 3.05) is 12.0 Å². The van der Waals surface area contributed by atoms with Crippen LogP contribution in [0.25, 0.3) is 0 Å². The maximum atomic E-state index is 15.0. The number of benzene rings is 1. The molecule has 0 bridgehead atoms. The summed E-state index contributed by atoms with van der Waals surface area (Å²) in [6, 6.07) is 1.79. The van der Waals surface area contributed by atoms with Crippen LogP contribution in [0.1, 0.15) is 28.0 Å². The van der Waals surface area contributed by atoms with Gasteiger partial charge in [-0.05, 0) is 37.1 Å². The number of carbonyl (C=O) groups excluding carboxylic acids is 2. The highest BCUT2D eigenvalue weighted by Crippen LogP contribution is 2.47. The fourth-order valence-electron chi connectivity index (χ4n) is 3.70. The summed E-state index contributed by atoms with van der Waals surface area (Å²) in [4.78, 5) is 28.1.